The van der Waals surface area contributed by atoms with E-state index in [0.29, 0.717) is 11.3 Å². The number of rotatable bonds is 1. The molecule has 118 valence electrons. The van der Waals surface area contributed by atoms with Crippen LogP contribution in [0.5, 0.6) is 0 Å². The molecule has 2 N–H and O–H groups in total. The molecular weight excluding hydrogens is 289 g/mol. The zero-order valence-electron chi connectivity index (χ0n) is 12.4. The maximum atomic E-state index is 13.2. The number of halogens is 3. The molecule has 5 heteroatoms. The quantitative estimate of drug-likeness (QED) is 0.843. The normalized spacial score (nSPS) is 26.3. The van der Waals surface area contributed by atoms with Crippen molar-refractivity contribution < 1.29 is 13.2 Å². The van der Waals surface area contributed by atoms with Crippen LogP contribution in [-0.2, 0) is 6.18 Å². The highest BCUT2D eigenvalue weighted by Gasteiger charge is 2.35. The van der Waals surface area contributed by atoms with Crippen molar-refractivity contribution in [2.24, 2.45) is 11.7 Å². The minimum atomic E-state index is -4.39. The van der Waals surface area contributed by atoms with Gasteiger partial charge in [-0.1, -0.05) is 19.1 Å². The van der Waals surface area contributed by atoms with Crippen LogP contribution in [0.25, 0.3) is 10.9 Å². The molecule has 1 aromatic heterocycles. The van der Waals surface area contributed by atoms with Gasteiger partial charge in [-0.05, 0) is 48.8 Å². The monoisotopic (exact) mass is 308 g/mol. The molecule has 1 aliphatic rings. The largest absolute Gasteiger partial charge is 0.418 e. The van der Waals surface area contributed by atoms with Crippen LogP contribution in [0.3, 0.4) is 0 Å². The molecule has 0 radical (unpaired) electrons. The lowest BCUT2D eigenvalue weighted by Crippen LogP contribution is -2.31. The second kappa shape index (κ2) is 5.54. The molecule has 0 amide bonds. The average molecular weight is 308 g/mol. The van der Waals surface area contributed by atoms with Crippen molar-refractivity contribution in [2.45, 2.75) is 44.3 Å². The highest BCUT2D eigenvalue weighted by atomic mass is 19.4. The third-order valence-corrected chi connectivity index (χ3v) is 4.53. The molecule has 1 saturated carbocycles. The molecule has 1 aliphatic carbocycles. The molecule has 0 aliphatic heterocycles. The minimum Gasteiger partial charge on any atom is -0.328 e. The van der Waals surface area contributed by atoms with Gasteiger partial charge in [0.2, 0.25) is 0 Å². The van der Waals surface area contributed by atoms with Gasteiger partial charge in [-0.25, -0.2) is 0 Å². The molecule has 3 rings (SSSR count). The van der Waals surface area contributed by atoms with Crippen molar-refractivity contribution in [3.8, 4) is 0 Å². The molecule has 2 aromatic rings. The van der Waals surface area contributed by atoms with Gasteiger partial charge in [0.05, 0.1) is 11.1 Å². The van der Waals surface area contributed by atoms with Gasteiger partial charge in [-0.15, -0.1) is 0 Å². The Morgan fingerprint density at radius 3 is 2.59 bits per heavy atom. The summed E-state index contributed by atoms with van der Waals surface area (Å²) in [6.07, 6.45) is -0.214. The Morgan fingerprint density at radius 2 is 1.91 bits per heavy atom. The first-order valence-electron chi connectivity index (χ1n) is 7.56. The van der Waals surface area contributed by atoms with Crippen molar-refractivity contribution in [3.63, 3.8) is 0 Å². The SMILES string of the molecule is C[C@@H]1C[C@@H](N)C[C@@H](c2ccc(C(F)(F)F)c3ncccc23)C1. The van der Waals surface area contributed by atoms with Gasteiger partial charge < -0.3 is 5.73 Å². The molecule has 0 bridgehead atoms. The third-order valence-electron chi connectivity index (χ3n) is 4.53. The van der Waals surface area contributed by atoms with Crippen LogP contribution < -0.4 is 5.73 Å². The lowest BCUT2D eigenvalue weighted by atomic mass is 9.75. The van der Waals surface area contributed by atoms with Crippen molar-refractivity contribution in [1.29, 1.82) is 0 Å². The summed E-state index contributed by atoms with van der Waals surface area (Å²) in [4.78, 5) is 3.99. The number of nitrogens with zero attached hydrogens (tertiary/aromatic N) is 1. The van der Waals surface area contributed by atoms with Gasteiger partial charge in [0, 0.05) is 17.6 Å². The number of hydrogen-bond acceptors (Lipinski definition) is 2. The molecule has 3 atom stereocenters. The molecular formula is C17H19F3N2. The van der Waals surface area contributed by atoms with E-state index in [1.54, 1.807) is 18.2 Å². The van der Waals surface area contributed by atoms with Crippen LogP contribution in [0.1, 0.15) is 43.2 Å². The molecule has 0 spiro atoms. The van der Waals surface area contributed by atoms with E-state index >= 15 is 0 Å². The third kappa shape index (κ3) is 2.82. The van der Waals surface area contributed by atoms with E-state index < -0.39 is 11.7 Å². The standard InChI is InChI=1S/C17H19F3N2/c1-10-7-11(9-12(21)8-10)13-4-5-15(17(18,19)20)16-14(13)3-2-6-22-16/h2-6,10-12H,7-9,21H2,1H3/t10-,11-,12+/m0/s1. The summed E-state index contributed by atoms with van der Waals surface area (Å²) in [6.45, 7) is 2.15. The van der Waals surface area contributed by atoms with Crippen LogP contribution in [-0.4, -0.2) is 11.0 Å². The summed E-state index contributed by atoms with van der Waals surface area (Å²) in [5.74, 6) is 0.690. The highest BCUT2D eigenvalue weighted by molar-refractivity contribution is 5.86. The van der Waals surface area contributed by atoms with E-state index in [1.165, 1.54) is 6.20 Å². The molecule has 1 heterocycles. The van der Waals surface area contributed by atoms with E-state index in [9.17, 15) is 13.2 Å². The van der Waals surface area contributed by atoms with Gasteiger partial charge >= 0.3 is 6.18 Å². The summed E-state index contributed by atoms with van der Waals surface area (Å²) >= 11 is 0. The predicted octanol–water partition coefficient (Wildman–Crippen LogP) is 4.48. The summed E-state index contributed by atoms with van der Waals surface area (Å²) in [6, 6.07) is 6.32. The molecule has 22 heavy (non-hydrogen) atoms. The number of nitrogens with two attached hydrogens (primary N) is 1. The van der Waals surface area contributed by atoms with Crippen molar-refractivity contribution in [3.05, 3.63) is 41.6 Å². The molecule has 1 fully saturated rings. The Kier molecular flexibility index (Phi) is 3.85. The first-order chi connectivity index (χ1) is 10.4. The van der Waals surface area contributed by atoms with Crippen molar-refractivity contribution in [1.82, 2.24) is 4.98 Å². The van der Waals surface area contributed by atoms with Gasteiger partial charge in [0.15, 0.2) is 0 Å². The number of pyridine rings is 1. The molecule has 2 nitrogen and oxygen atoms in total. The summed E-state index contributed by atoms with van der Waals surface area (Å²) < 4.78 is 39.5. The summed E-state index contributed by atoms with van der Waals surface area (Å²) in [7, 11) is 0. The van der Waals surface area contributed by atoms with E-state index in [-0.39, 0.29) is 17.5 Å². The number of fused-ring (bicyclic) bond motifs is 1. The number of aromatic nitrogens is 1. The molecule has 1 aromatic carbocycles. The second-order valence-corrected chi connectivity index (χ2v) is 6.37. The fourth-order valence-corrected chi connectivity index (χ4v) is 3.69. The van der Waals surface area contributed by atoms with Crippen LogP contribution in [0.15, 0.2) is 30.5 Å². The Labute approximate surface area is 127 Å². The molecule has 0 saturated heterocycles. The van der Waals surface area contributed by atoms with Crippen LogP contribution in [0.2, 0.25) is 0 Å². The van der Waals surface area contributed by atoms with Crippen molar-refractivity contribution in [2.75, 3.05) is 0 Å². The zero-order chi connectivity index (χ0) is 15.9. The summed E-state index contributed by atoms with van der Waals surface area (Å²) in [5.41, 5.74) is 6.42. The Morgan fingerprint density at radius 1 is 1.14 bits per heavy atom. The Hall–Kier alpha value is -1.62. The second-order valence-electron chi connectivity index (χ2n) is 6.37. The first kappa shape index (κ1) is 15.3. The Bertz CT molecular complexity index is 671. The predicted molar refractivity (Wildman–Crippen MR) is 80.5 cm³/mol. The maximum Gasteiger partial charge on any atom is 0.418 e. The van der Waals surface area contributed by atoms with E-state index in [0.717, 1.165) is 30.9 Å². The first-order valence-corrected chi connectivity index (χ1v) is 7.56. The average Bonchev–Trinajstić information content (AvgIpc) is 2.44. The van der Waals surface area contributed by atoms with Gasteiger partial charge in [0.1, 0.15) is 0 Å². The van der Waals surface area contributed by atoms with E-state index in [2.05, 4.69) is 11.9 Å². The number of benzene rings is 1. The topological polar surface area (TPSA) is 38.9 Å². The fourth-order valence-electron chi connectivity index (χ4n) is 3.69. The number of hydrogen-bond donors (Lipinski definition) is 1. The maximum absolute atomic E-state index is 13.2. The zero-order valence-corrected chi connectivity index (χ0v) is 12.4. The Balaban J connectivity index is 2.12. The minimum absolute atomic E-state index is 0.0410. The van der Waals surface area contributed by atoms with Crippen LogP contribution >= 0.6 is 0 Å². The highest BCUT2D eigenvalue weighted by Crippen LogP contribution is 2.41. The fraction of sp³-hybridized carbons (Fsp3) is 0.471. The van der Waals surface area contributed by atoms with E-state index in [4.69, 9.17) is 5.73 Å². The lowest BCUT2D eigenvalue weighted by molar-refractivity contribution is -0.136. The smallest absolute Gasteiger partial charge is 0.328 e. The lowest BCUT2D eigenvalue weighted by Gasteiger charge is -2.32. The van der Waals surface area contributed by atoms with Crippen molar-refractivity contribution >= 4 is 10.9 Å². The van der Waals surface area contributed by atoms with E-state index in [1.807, 2.05) is 0 Å². The van der Waals surface area contributed by atoms with Gasteiger partial charge in [-0.3, -0.25) is 4.98 Å². The number of alkyl halides is 3. The summed E-state index contributed by atoms with van der Waals surface area (Å²) in [5, 5.41) is 0.601. The molecule has 0 unspecified atom stereocenters. The van der Waals surface area contributed by atoms with Gasteiger partial charge in [0.25, 0.3) is 0 Å². The van der Waals surface area contributed by atoms with Crippen LogP contribution in [0.4, 0.5) is 13.2 Å². The van der Waals surface area contributed by atoms with Crippen LogP contribution in [0, 0.1) is 5.92 Å². The van der Waals surface area contributed by atoms with Gasteiger partial charge in [-0.2, -0.15) is 13.2 Å².